The number of hydrogen-bond acceptors (Lipinski definition) is 2. The molecule has 2 heteroatoms. The molecule has 2 aliphatic rings. The number of hydrogen-bond donors (Lipinski definition) is 0. The first-order valence-electron chi connectivity index (χ1n) is 7.70. The molecule has 2 heterocycles. The fourth-order valence-electron chi connectivity index (χ4n) is 3.02. The monoisotopic (exact) mass is 286 g/mol. The van der Waals surface area contributed by atoms with Crippen molar-refractivity contribution in [3.05, 3.63) is 70.8 Å². The van der Waals surface area contributed by atoms with Crippen molar-refractivity contribution in [1.82, 2.24) is 0 Å². The summed E-state index contributed by atoms with van der Waals surface area (Å²) in [5.74, 6) is 0. The summed E-state index contributed by atoms with van der Waals surface area (Å²) in [4.78, 5) is 9.42. The molecule has 0 aliphatic carbocycles. The molecule has 0 atom stereocenters. The molecule has 2 aliphatic heterocycles. The smallest absolute Gasteiger partial charge is 0.0671 e. The molecule has 4 rings (SSSR count). The van der Waals surface area contributed by atoms with Crippen LogP contribution in [0.15, 0.2) is 58.5 Å². The van der Waals surface area contributed by atoms with Gasteiger partial charge in [0.15, 0.2) is 0 Å². The van der Waals surface area contributed by atoms with Gasteiger partial charge in [0.05, 0.1) is 11.4 Å². The number of aliphatic imine (C=N–C) groups is 2. The Hall–Kier alpha value is -2.48. The molecule has 0 N–H and O–H groups in total. The standard InChI is InChI=1S/C20H18N2/c1-13-3-5-15-11-17(21-19(15)9-13)7-8-18-12-16-6-4-14(2)10-20(16)22-18/h3-10H,11-12H2,1-2H3/b8-7+. The number of benzene rings is 2. The van der Waals surface area contributed by atoms with Crippen LogP contribution in [-0.4, -0.2) is 11.4 Å². The summed E-state index contributed by atoms with van der Waals surface area (Å²) < 4.78 is 0. The van der Waals surface area contributed by atoms with E-state index in [-0.39, 0.29) is 0 Å². The van der Waals surface area contributed by atoms with Gasteiger partial charge in [-0.1, -0.05) is 24.3 Å². The average Bonchev–Trinajstić information content (AvgIpc) is 3.07. The van der Waals surface area contributed by atoms with Gasteiger partial charge in [0, 0.05) is 24.3 Å². The number of aryl methyl sites for hydroxylation is 2. The first-order chi connectivity index (χ1) is 10.7. The van der Waals surface area contributed by atoms with Crippen LogP contribution in [0.1, 0.15) is 22.3 Å². The highest BCUT2D eigenvalue weighted by Gasteiger charge is 2.14. The van der Waals surface area contributed by atoms with Crippen LogP contribution in [0, 0.1) is 13.8 Å². The van der Waals surface area contributed by atoms with Crippen LogP contribution in [0.25, 0.3) is 0 Å². The van der Waals surface area contributed by atoms with E-state index in [2.05, 4.69) is 62.4 Å². The van der Waals surface area contributed by atoms with Gasteiger partial charge in [-0.3, -0.25) is 9.98 Å². The van der Waals surface area contributed by atoms with Crippen LogP contribution in [0.5, 0.6) is 0 Å². The molecule has 0 spiro atoms. The highest BCUT2D eigenvalue weighted by Crippen LogP contribution is 2.29. The molecule has 2 aromatic carbocycles. The van der Waals surface area contributed by atoms with Gasteiger partial charge in [0.25, 0.3) is 0 Å². The molecule has 0 bridgehead atoms. The fraction of sp³-hybridized carbons (Fsp3) is 0.200. The molecule has 0 saturated carbocycles. The minimum atomic E-state index is 0.922. The summed E-state index contributed by atoms with van der Waals surface area (Å²) in [7, 11) is 0. The summed E-state index contributed by atoms with van der Waals surface area (Å²) in [5.41, 5.74) is 9.64. The van der Waals surface area contributed by atoms with Gasteiger partial charge < -0.3 is 0 Å². The Labute approximate surface area is 130 Å². The van der Waals surface area contributed by atoms with E-state index in [4.69, 9.17) is 9.98 Å². The number of nitrogens with zero attached hydrogens (tertiary/aromatic N) is 2. The molecule has 0 unspecified atom stereocenters. The van der Waals surface area contributed by atoms with E-state index in [1.54, 1.807) is 0 Å². The molecular formula is C20H18N2. The predicted molar refractivity (Wildman–Crippen MR) is 93.1 cm³/mol. The largest absolute Gasteiger partial charge is 0.253 e. The second kappa shape index (κ2) is 5.06. The molecule has 0 amide bonds. The highest BCUT2D eigenvalue weighted by atomic mass is 14.8. The van der Waals surface area contributed by atoms with Gasteiger partial charge in [-0.2, -0.15) is 0 Å². The molecule has 0 aromatic heterocycles. The molecule has 0 radical (unpaired) electrons. The lowest BCUT2D eigenvalue weighted by Crippen LogP contribution is -1.97. The quantitative estimate of drug-likeness (QED) is 0.756. The maximum Gasteiger partial charge on any atom is 0.0671 e. The van der Waals surface area contributed by atoms with Gasteiger partial charge in [0.1, 0.15) is 0 Å². The summed E-state index contributed by atoms with van der Waals surface area (Å²) in [6.45, 7) is 4.21. The lowest BCUT2D eigenvalue weighted by molar-refractivity contribution is 1.36. The summed E-state index contributed by atoms with van der Waals surface area (Å²) >= 11 is 0. The van der Waals surface area contributed by atoms with E-state index >= 15 is 0 Å². The van der Waals surface area contributed by atoms with Crippen molar-refractivity contribution in [3.8, 4) is 0 Å². The van der Waals surface area contributed by atoms with E-state index < -0.39 is 0 Å². The zero-order chi connectivity index (χ0) is 15.1. The van der Waals surface area contributed by atoms with E-state index in [9.17, 15) is 0 Å². The molecule has 2 aromatic rings. The van der Waals surface area contributed by atoms with Crippen molar-refractivity contribution in [2.24, 2.45) is 9.98 Å². The SMILES string of the molecule is Cc1ccc2c(c1)N=C(/C=C/C1=Nc3cc(C)ccc3C1)C2. The minimum absolute atomic E-state index is 0.922. The highest BCUT2D eigenvalue weighted by molar-refractivity contribution is 6.09. The number of rotatable bonds is 2. The van der Waals surface area contributed by atoms with Crippen LogP contribution < -0.4 is 0 Å². The topological polar surface area (TPSA) is 24.7 Å². The van der Waals surface area contributed by atoms with Crippen molar-refractivity contribution < 1.29 is 0 Å². The van der Waals surface area contributed by atoms with E-state index in [1.807, 2.05) is 0 Å². The Bertz CT molecular complexity index is 783. The molecule has 2 nitrogen and oxygen atoms in total. The number of fused-ring (bicyclic) bond motifs is 2. The fourth-order valence-corrected chi connectivity index (χ4v) is 3.02. The van der Waals surface area contributed by atoms with Crippen LogP contribution in [0.3, 0.4) is 0 Å². The third kappa shape index (κ3) is 2.41. The second-order valence-electron chi connectivity index (χ2n) is 6.16. The van der Waals surface area contributed by atoms with Crippen LogP contribution in [-0.2, 0) is 12.8 Å². The van der Waals surface area contributed by atoms with Gasteiger partial charge >= 0.3 is 0 Å². The first kappa shape index (κ1) is 13.2. The Kier molecular flexibility index (Phi) is 3.04. The summed E-state index contributed by atoms with van der Waals surface area (Å²) in [5, 5.41) is 0. The van der Waals surface area contributed by atoms with Crippen LogP contribution in [0.2, 0.25) is 0 Å². The predicted octanol–water partition coefficient (Wildman–Crippen LogP) is 4.82. The lowest BCUT2D eigenvalue weighted by Gasteiger charge is -1.96. The van der Waals surface area contributed by atoms with Gasteiger partial charge in [-0.15, -0.1) is 0 Å². The maximum atomic E-state index is 4.71. The van der Waals surface area contributed by atoms with E-state index in [1.165, 1.54) is 22.3 Å². The van der Waals surface area contributed by atoms with Crippen molar-refractivity contribution in [2.45, 2.75) is 26.7 Å². The number of allylic oxidation sites excluding steroid dienone is 2. The Morgan fingerprint density at radius 3 is 1.64 bits per heavy atom. The molecule has 22 heavy (non-hydrogen) atoms. The van der Waals surface area contributed by atoms with E-state index in [0.717, 1.165) is 35.6 Å². The Morgan fingerprint density at radius 2 is 1.18 bits per heavy atom. The molecule has 0 saturated heterocycles. The third-order valence-corrected chi connectivity index (χ3v) is 4.22. The Balaban J connectivity index is 1.53. The summed E-state index contributed by atoms with van der Waals surface area (Å²) in [6, 6.07) is 13.0. The van der Waals surface area contributed by atoms with Gasteiger partial charge in [-0.05, 0) is 60.4 Å². The first-order valence-corrected chi connectivity index (χ1v) is 7.70. The average molecular weight is 286 g/mol. The van der Waals surface area contributed by atoms with Crippen LogP contribution >= 0.6 is 0 Å². The Morgan fingerprint density at radius 1 is 0.727 bits per heavy atom. The summed E-state index contributed by atoms with van der Waals surface area (Å²) in [6.07, 6.45) is 6.08. The van der Waals surface area contributed by atoms with Crippen molar-refractivity contribution >= 4 is 22.8 Å². The van der Waals surface area contributed by atoms with Crippen molar-refractivity contribution in [2.75, 3.05) is 0 Å². The normalized spacial score (nSPS) is 15.7. The lowest BCUT2D eigenvalue weighted by atomic mass is 10.1. The second-order valence-corrected chi connectivity index (χ2v) is 6.16. The van der Waals surface area contributed by atoms with E-state index in [0.29, 0.717) is 0 Å². The third-order valence-electron chi connectivity index (χ3n) is 4.22. The zero-order valence-corrected chi connectivity index (χ0v) is 12.9. The van der Waals surface area contributed by atoms with Crippen LogP contribution in [0.4, 0.5) is 11.4 Å². The minimum Gasteiger partial charge on any atom is -0.253 e. The maximum absolute atomic E-state index is 4.71. The van der Waals surface area contributed by atoms with Gasteiger partial charge in [0.2, 0.25) is 0 Å². The van der Waals surface area contributed by atoms with Crippen molar-refractivity contribution in [1.29, 1.82) is 0 Å². The molecule has 108 valence electrons. The molecular weight excluding hydrogens is 268 g/mol. The van der Waals surface area contributed by atoms with Crippen molar-refractivity contribution in [3.63, 3.8) is 0 Å². The zero-order valence-electron chi connectivity index (χ0n) is 12.9. The van der Waals surface area contributed by atoms with Gasteiger partial charge in [-0.25, -0.2) is 0 Å². The molecule has 0 fully saturated rings.